The van der Waals surface area contributed by atoms with Crippen LogP contribution in [0.25, 0.3) is 12.2 Å². The standard InChI is InChI=1S/C18H13FN4/c19-16-9-6-15(7-10-16)13-23-18(17(12-20)21-22-23)11-8-14-4-2-1-3-5-14/h1-11H,13H2/b11-8+. The van der Waals surface area contributed by atoms with Gasteiger partial charge in [0.1, 0.15) is 11.9 Å². The molecule has 2 aromatic carbocycles. The van der Waals surface area contributed by atoms with E-state index in [9.17, 15) is 9.65 Å². The van der Waals surface area contributed by atoms with Crippen molar-refractivity contribution in [3.05, 3.63) is 82.9 Å². The van der Waals surface area contributed by atoms with E-state index in [1.54, 1.807) is 16.8 Å². The van der Waals surface area contributed by atoms with E-state index in [2.05, 4.69) is 10.3 Å². The molecule has 0 radical (unpaired) electrons. The van der Waals surface area contributed by atoms with Crippen LogP contribution in [0.5, 0.6) is 0 Å². The highest BCUT2D eigenvalue weighted by Crippen LogP contribution is 2.13. The summed E-state index contributed by atoms with van der Waals surface area (Å²) in [5.74, 6) is -0.283. The summed E-state index contributed by atoms with van der Waals surface area (Å²) in [5, 5.41) is 17.1. The van der Waals surface area contributed by atoms with Crippen LogP contribution in [0.4, 0.5) is 4.39 Å². The molecule has 1 heterocycles. The summed E-state index contributed by atoms with van der Waals surface area (Å²) in [6, 6.07) is 18.0. The van der Waals surface area contributed by atoms with Gasteiger partial charge in [-0.2, -0.15) is 5.26 Å². The van der Waals surface area contributed by atoms with Crippen molar-refractivity contribution in [2.24, 2.45) is 0 Å². The first-order valence-corrected chi connectivity index (χ1v) is 7.07. The van der Waals surface area contributed by atoms with Gasteiger partial charge in [-0.1, -0.05) is 53.8 Å². The van der Waals surface area contributed by atoms with Crippen LogP contribution in [0, 0.1) is 17.1 Å². The molecule has 23 heavy (non-hydrogen) atoms. The summed E-state index contributed by atoms with van der Waals surface area (Å²) in [6.07, 6.45) is 3.72. The zero-order valence-electron chi connectivity index (χ0n) is 12.2. The lowest BCUT2D eigenvalue weighted by Crippen LogP contribution is -2.04. The molecule has 0 bridgehead atoms. The molecule has 0 N–H and O–H groups in total. The van der Waals surface area contributed by atoms with Crippen molar-refractivity contribution < 1.29 is 4.39 Å². The van der Waals surface area contributed by atoms with Gasteiger partial charge in [-0.05, 0) is 29.3 Å². The fourth-order valence-electron chi connectivity index (χ4n) is 2.18. The predicted octanol–water partition coefficient (Wildman–Crippen LogP) is 3.51. The number of nitriles is 1. The Balaban J connectivity index is 1.90. The number of nitrogens with zero attached hydrogens (tertiary/aromatic N) is 4. The minimum absolute atomic E-state index is 0.263. The second kappa shape index (κ2) is 6.67. The van der Waals surface area contributed by atoms with Crippen molar-refractivity contribution >= 4 is 12.2 Å². The number of hydrogen-bond donors (Lipinski definition) is 0. The SMILES string of the molecule is N#Cc1nnn(Cc2ccc(F)cc2)c1/C=C/c1ccccc1. The maximum absolute atomic E-state index is 13.0. The number of hydrogen-bond acceptors (Lipinski definition) is 3. The molecular weight excluding hydrogens is 291 g/mol. The van der Waals surface area contributed by atoms with Crippen molar-refractivity contribution in [2.75, 3.05) is 0 Å². The third-order valence-corrected chi connectivity index (χ3v) is 3.36. The minimum atomic E-state index is -0.283. The van der Waals surface area contributed by atoms with Gasteiger partial charge in [0.05, 0.1) is 12.2 Å². The largest absolute Gasteiger partial charge is 0.239 e. The molecule has 5 heteroatoms. The molecule has 0 fully saturated rings. The summed E-state index contributed by atoms with van der Waals surface area (Å²) < 4.78 is 14.6. The maximum atomic E-state index is 13.0. The lowest BCUT2D eigenvalue weighted by molar-refractivity contribution is 0.620. The van der Waals surface area contributed by atoms with Crippen molar-refractivity contribution in [1.29, 1.82) is 5.26 Å². The van der Waals surface area contributed by atoms with Gasteiger partial charge in [0.2, 0.25) is 0 Å². The number of halogens is 1. The topological polar surface area (TPSA) is 54.5 Å². The average molecular weight is 304 g/mol. The van der Waals surface area contributed by atoms with Gasteiger partial charge in [0.25, 0.3) is 0 Å². The molecule has 0 amide bonds. The van der Waals surface area contributed by atoms with Gasteiger partial charge in [-0.15, -0.1) is 5.10 Å². The Kier molecular flexibility index (Phi) is 4.25. The van der Waals surface area contributed by atoms with E-state index >= 15 is 0 Å². The molecule has 0 unspecified atom stereocenters. The molecule has 0 aliphatic rings. The highest BCUT2D eigenvalue weighted by molar-refractivity contribution is 5.70. The summed E-state index contributed by atoms with van der Waals surface area (Å²) in [6.45, 7) is 0.420. The van der Waals surface area contributed by atoms with Gasteiger partial charge in [-0.3, -0.25) is 0 Å². The smallest absolute Gasteiger partial charge is 0.190 e. The second-order valence-electron chi connectivity index (χ2n) is 4.96. The third-order valence-electron chi connectivity index (χ3n) is 3.36. The Morgan fingerprint density at radius 1 is 1.04 bits per heavy atom. The lowest BCUT2D eigenvalue weighted by Gasteiger charge is -2.04. The molecule has 0 aliphatic carbocycles. The zero-order valence-corrected chi connectivity index (χ0v) is 12.2. The normalized spacial score (nSPS) is 10.8. The molecule has 0 atom stereocenters. The first-order chi connectivity index (χ1) is 11.3. The van der Waals surface area contributed by atoms with E-state index < -0.39 is 0 Å². The van der Waals surface area contributed by atoms with E-state index in [0.29, 0.717) is 12.2 Å². The van der Waals surface area contributed by atoms with Gasteiger partial charge < -0.3 is 0 Å². The lowest BCUT2D eigenvalue weighted by atomic mass is 10.2. The van der Waals surface area contributed by atoms with Crippen LogP contribution in [0.15, 0.2) is 54.6 Å². The van der Waals surface area contributed by atoms with Crippen LogP contribution < -0.4 is 0 Å². The molecule has 1 aromatic heterocycles. The van der Waals surface area contributed by atoms with E-state index in [1.165, 1.54) is 12.1 Å². The van der Waals surface area contributed by atoms with E-state index in [0.717, 1.165) is 11.1 Å². The molecule has 112 valence electrons. The first kappa shape index (κ1) is 14.7. The van der Waals surface area contributed by atoms with Crippen LogP contribution in [0.1, 0.15) is 22.5 Å². The summed E-state index contributed by atoms with van der Waals surface area (Å²) in [5.41, 5.74) is 2.79. The van der Waals surface area contributed by atoms with Gasteiger partial charge >= 0.3 is 0 Å². The van der Waals surface area contributed by atoms with Crippen LogP contribution in [-0.4, -0.2) is 15.0 Å². The van der Waals surface area contributed by atoms with E-state index in [4.69, 9.17) is 0 Å². The molecule has 0 aliphatic heterocycles. The molecule has 3 rings (SSSR count). The van der Waals surface area contributed by atoms with Crippen molar-refractivity contribution in [3.63, 3.8) is 0 Å². The van der Waals surface area contributed by atoms with Gasteiger partial charge in [0, 0.05) is 0 Å². The molecule has 0 spiro atoms. The maximum Gasteiger partial charge on any atom is 0.190 e. The number of benzene rings is 2. The van der Waals surface area contributed by atoms with Crippen LogP contribution in [0.2, 0.25) is 0 Å². The minimum Gasteiger partial charge on any atom is -0.239 e. The first-order valence-electron chi connectivity index (χ1n) is 7.07. The van der Waals surface area contributed by atoms with Gasteiger partial charge in [-0.25, -0.2) is 9.07 Å². The molecule has 3 aromatic rings. The monoisotopic (exact) mass is 304 g/mol. The summed E-state index contributed by atoms with van der Waals surface area (Å²) in [7, 11) is 0. The predicted molar refractivity (Wildman–Crippen MR) is 85.6 cm³/mol. The summed E-state index contributed by atoms with van der Waals surface area (Å²) >= 11 is 0. The van der Waals surface area contributed by atoms with Crippen molar-refractivity contribution in [1.82, 2.24) is 15.0 Å². The van der Waals surface area contributed by atoms with Gasteiger partial charge in [0.15, 0.2) is 5.69 Å². The molecule has 0 saturated carbocycles. The van der Waals surface area contributed by atoms with Crippen LogP contribution in [0.3, 0.4) is 0 Å². The molecular formula is C18H13FN4. The average Bonchev–Trinajstić information content (AvgIpc) is 2.98. The third kappa shape index (κ3) is 3.50. The Labute approximate surface area is 133 Å². The van der Waals surface area contributed by atoms with Crippen LogP contribution >= 0.6 is 0 Å². The zero-order chi connectivity index (χ0) is 16.1. The fraction of sp³-hybridized carbons (Fsp3) is 0.0556. The van der Waals surface area contributed by atoms with E-state index in [1.807, 2.05) is 48.6 Å². The quantitative estimate of drug-likeness (QED) is 0.741. The fourth-order valence-corrected chi connectivity index (χ4v) is 2.18. The highest BCUT2D eigenvalue weighted by Gasteiger charge is 2.10. The second-order valence-corrected chi connectivity index (χ2v) is 4.96. The molecule has 0 saturated heterocycles. The van der Waals surface area contributed by atoms with Crippen molar-refractivity contribution in [2.45, 2.75) is 6.54 Å². The Hall–Kier alpha value is -3.26. The summed E-state index contributed by atoms with van der Waals surface area (Å²) in [4.78, 5) is 0. The Morgan fingerprint density at radius 2 is 1.78 bits per heavy atom. The number of rotatable bonds is 4. The van der Waals surface area contributed by atoms with E-state index in [-0.39, 0.29) is 11.5 Å². The van der Waals surface area contributed by atoms with Crippen LogP contribution in [-0.2, 0) is 6.54 Å². The van der Waals surface area contributed by atoms with Crippen molar-refractivity contribution in [3.8, 4) is 6.07 Å². The Morgan fingerprint density at radius 3 is 2.48 bits per heavy atom. The Bertz CT molecular complexity index is 858. The highest BCUT2D eigenvalue weighted by atomic mass is 19.1. The molecule has 4 nitrogen and oxygen atoms in total. The number of aromatic nitrogens is 3.